The van der Waals surface area contributed by atoms with E-state index in [2.05, 4.69) is 5.32 Å². The summed E-state index contributed by atoms with van der Waals surface area (Å²) in [5, 5.41) is 2.49. The molecule has 0 fully saturated rings. The Balaban J connectivity index is 2.74. The summed E-state index contributed by atoms with van der Waals surface area (Å²) < 4.78 is 26.3. The van der Waals surface area contributed by atoms with Gasteiger partial charge < -0.3 is 11.1 Å². The molecule has 0 saturated carbocycles. The molecule has 0 unspecified atom stereocenters. The molecule has 0 aromatic heterocycles. The lowest BCUT2D eigenvalue weighted by Crippen LogP contribution is -2.19. The first kappa shape index (κ1) is 12.2. The Labute approximate surface area is 91.9 Å². The maximum atomic E-state index is 13.3. The van der Waals surface area contributed by atoms with Gasteiger partial charge in [-0.1, -0.05) is 12.2 Å². The first-order valence-corrected chi connectivity index (χ1v) is 4.67. The normalized spacial score (nSPS) is 10.7. The predicted octanol–water partition coefficient (Wildman–Crippen LogP) is 1.70. The van der Waals surface area contributed by atoms with E-state index in [4.69, 9.17) is 5.73 Å². The van der Waals surface area contributed by atoms with Crippen molar-refractivity contribution in [2.75, 3.05) is 12.3 Å². The van der Waals surface area contributed by atoms with Crippen molar-refractivity contribution < 1.29 is 13.6 Å². The van der Waals surface area contributed by atoms with Crippen molar-refractivity contribution >= 4 is 17.7 Å². The van der Waals surface area contributed by atoms with Gasteiger partial charge in [-0.15, -0.1) is 0 Å². The SMILES string of the molecule is CC(=O)NCC=Cc1ccc(N)c(F)c1F. The number of nitrogens with two attached hydrogens (primary N) is 1. The zero-order valence-corrected chi connectivity index (χ0v) is 8.76. The molecule has 0 atom stereocenters. The first-order valence-electron chi connectivity index (χ1n) is 4.67. The molecule has 1 amide bonds. The Morgan fingerprint density at radius 2 is 2.12 bits per heavy atom. The van der Waals surface area contributed by atoms with E-state index >= 15 is 0 Å². The molecule has 0 spiro atoms. The molecule has 3 N–H and O–H groups in total. The number of anilines is 1. The van der Waals surface area contributed by atoms with Crippen LogP contribution >= 0.6 is 0 Å². The standard InChI is InChI=1S/C11H12F2N2O/c1-7(16)15-6-2-3-8-4-5-9(14)11(13)10(8)12/h2-5H,6,14H2,1H3,(H,15,16). The predicted molar refractivity (Wildman–Crippen MR) is 58.5 cm³/mol. The Hall–Kier alpha value is -1.91. The van der Waals surface area contributed by atoms with Gasteiger partial charge in [-0.05, 0) is 12.1 Å². The maximum Gasteiger partial charge on any atom is 0.217 e. The number of amides is 1. The third kappa shape index (κ3) is 3.05. The molecule has 0 aliphatic heterocycles. The summed E-state index contributed by atoms with van der Waals surface area (Å²) in [6.45, 7) is 1.64. The summed E-state index contributed by atoms with van der Waals surface area (Å²) in [4.78, 5) is 10.5. The van der Waals surface area contributed by atoms with Crippen molar-refractivity contribution in [1.82, 2.24) is 5.32 Å². The first-order chi connectivity index (χ1) is 7.52. The van der Waals surface area contributed by atoms with Gasteiger partial charge in [-0.3, -0.25) is 4.79 Å². The second-order valence-electron chi connectivity index (χ2n) is 3.21. The van der Waals surface area contributed by atoms with Crippen LogP contribution in [0, 0.1) is 11.6 Å². The van der Waals surface area contributed by atoms with E-state index in [1.54, 1.807) is 0 Å². The Morgan fingerprint density at radius 3 is 2.75 bits per heavy atom. The van der Waals surface area contributed by atoms with Gasteiger partial charge in [0.1, 0.15) is 0 Å². The maximum absolute atomic E-state index is 13.3. The van der Waals surface area contributed by atoms with Crippen LogP contribution in [0.25, 0.3) is 6.08 Å². The zero-order valence-electron chi connectivity index (χ0n) is 8.76. The van der Waals surface area contributed by atoms with Crippen molar-refractivity contribution in [2.24, 2.45) is 0 Å². The van der Waals surface area contributed by atoms with Crippen LogP contribution in [-0.2, 0) is 4.79 Å². The van der Waals surface area contributed by atoms with Crippen LogP contribution in [0.3, 0.4) is 0 Å². The van der Waals surface area contributed by atoms with Crippen molar-refractivity contribution in [3.63, 3.8) is 0 Å². The number of hydrogen-bond acceptors (Lipinski definition) is 2. The molecule has 86 valence electrons. The molecular formula is C11H12F2N2O. The monoisotopic (exact) mass is 226 g/mol. The summed E-state index contributed by atoms with van der Waals surface area (Å²) in [6.07, 6.45) is 2.91. The quantitative estimate of drug-likeness (QED) is 0.771. The zero-order chi connectivity index (χ0) is 12.1. The van der Waals surface area contributed by atoms with Gasteiger partial charge >= 0.3 is 0 Å². The second kappa shape index (κ2) is 5.25. The molecule has 16 heavy (non-hydrogen) atoms. The highest BCUT2D eigenvalue weighted by Gasteiger charge is 2.08. The third-order valence-corrected chi connectivity index (χ3v) is 1.91. The highest BCUT2D eigenvalue weighted by molar-refractivity contribution is 5.73. The Morgan fingerprint density at radius 1 is 1.44 bits per heavy atom. The molecule has 0 saturated heterocycles. The van der Waals surface area contributed by atoms with Crippen LogP contribution in [0.2, 0.25) is 0 Å². The molecule has 0 heterocycles. The van der Waals surface area contributed by atoms with Crippen molar-refractivity contribution in [3.05, 3.63) is 35.4 Å². The van der Waals surface area contributed by atoms with Gasteiger partial charge in [0.2, 0.25) is 5.91 Å². The van der Waals surface area contributed by atoms with Crippen molar-refractivity contribution in [2.45, 2.75) is 6.92 Å². The van der Waals surface area contributed by atoms with Crippen LogP contribution in [0.1, 0.15) is 12.5 Å². The van der Waals surface area contributed by atoms with Gasteiger partial charge in [0.25, 0.3) is 0 Å². The number of rotatable bonds is 3. The molecule has 0 radical (unpaired) electrons. The molecule has 0 bridgehead atoms. The van der Waals surface area contributed by atoms with E-state index in [1.807, 2.05) is 0 Å². The van der Waals surface area contributed by atoms with Crippen LogP contribution in [0.4, 0.5) is 14.5 Å². The molecular weight excluding hydrogens is 214 g/mol. The van der Waals surface area contributed by atoms with Crippen LogP contribution in [-0.4, -0.2) is 12.5 Å². The smallest absolute Gasteiger partial charge is 0.217 e. The number of hydrogen-bond donors (Lipinski definition) is 2. The van der Waals surface area contributed by atoms with Gasteiger partial charge in [-0.25, -0.2) is 8.78 Å². The fourth-order valence-corrected chi connectivity index (χ4v) is 1.10. The second-order valence-corrected chi connectivity index (χ2v) is 3.21. The number of nitrogen functional groups attached to an aromatic ring is 1. The van der Waals surface area contributed by atoms with E-state index in [9.17, 15) is 13.6 Å². The van der Waals surface area contributed by atoms with Gasteiger partial charge in [0.15, 0.2) is 11.6 Å². The lowest BCUT2D eigenvalue weighted by molar-refractivity contribution is -0.118. The van der Waals surface area contributed by atoms with Gasteiger partial charge in [0, 0.05) is 19.0 Å². The minimum atomic E-state index is -1.05. The van der Waals surface area contributed by atoms with Crippen molar-refractivity contribution in [1.29, 1.82) is 0 Å². The Kier molecular flexibility index (Phi) is 3.99. The number of carbonyl (C=O) groups excluding carboxylic acids is 1. The van der Waals surface area contributed by atoms with Gasteiger partial charge in [-0.2, -0.15) is 0 Å². The lowest BCUT2D eigenvalue weighted by atomic mass is 10.1. The van der Waals surface area contributed by atoms with Crippen LogP contribution in [0.5, 0.6) is 0 Å². The van der Waals surface area contributed by atoms with E-state index in [0.29, 0.717) is 0 Å². The fraction of sp³-hybridized carbons (Fsp3) is 0.182. The summed E-state index contributed by atoms with van der Waals surface area (Å²) >= 11 is 0. The van der Waals surface area contributed by atoms with Crippen molar-refractivity contribution in [3.8, 4) is 0 Å². The molecule has 0 aliphatic rings. The summed E-state index contributed by atoms with van der Waals surface area (Å²) in [7, 11) is 0. The highest BCUT2D eigenvalue weighted by atomic mass is 19.2. The molecule has 1 aromatic carbocycles. The summed E-state index contributed by atoms with van der Waals surface area (Å²) in [6, 6.07) is 2.66. The molecule has 3 nitrogen and oxygen atoms in total. The van der Waals surface area contributed by atoms with E-state index in [1.165, 1.54) is 31.2 Å². The number of benzene rings is 1. The lowest BCUT2D eigenvalue weighted by Gasteiger charge is -2.01. The molecule has 5 heteroatoms. The van der Waals surface area contributed by atoms with Gasteiger partial charge in [0.05, 0.1) is 5.69 Å². The fourth-order valence-electron chi connectivity index (χ4n) is 1.10. The third-order valence-electron chi connectivity index (χ3n) is 1.91. The van der Waals surface area contributed by atoms with Crippen LogP contribution < -0.4 is 11.1 Å². The number of carbonyl (C=O) groups is 1. The van der Waals surface area contributed by atoms with Crippen LogP contribution in [0.15, 0.2) is 18.2 Å². The topological polar surface area (TPSA) is 55.1 Å². The largest absolute Gasteiger partial charge is 0.396 e. The Bertz CT molecular complexity index is 430. The number of halogens is 2. The molecule has 0 aliphatic carbocycles. The average Bonchev–Trinajstić information content (AvgIpc) is 2.23. The van der Waals surface area contributed by atoms with E-state index in [-0.39, 0.29) is 23.7 Å². The van der Waals surface area contributed by atoms with E-state index in [0.717, 1.165) is 0 Å². The van der Waals surface area contributed by atoms with E-state index < -0.39 is 11.6 Å². The highest BCUT2D eigenvalue weighted by Crippen LogP contribution is 2.18. The summed E-state index contributed by atoms with van der Waals surface area (Å²) in [5.41, 5.74) is 5.06. The molecule has 1 aromatic rings. The summed E-state index contributed by atoms with van der Waals surface area (Å²) in [5.74, 6) is -2.23. The average molecular weight is 226 g/mol. The number of nitrogens with one attached hydrogen (secondary N) is 1. The minimum Gasteiger partial charge on any atom is -0.396 e. The molecule has 1 rings (SSSR count). The minimum absolute atomic E-state index is 0.0945.